The van der Waals surface area contributed by atoms with Crippen molar-refractivity contribution in [2.75, 3.05) is 0 Å². The monoisotopic (exact) mass is 519 g/mol. The number of nitrogens with zero attached hydrogens (tertiary/aromatic N) is 2. The average molecular weight is 520 g/mol. The Labute approximate surface area is 228 Å². The summed E-state index contributed by atoms with van der Waals surface area (Å²) >= 11 is 0. The second-order valence-electron chi connectivity index (χ2n) is 10.2. The Bertz CT molecular complexity index is 1550. The van der Waals surface area contributed by atoms with Crippen LogP contribution < -0.4 is 5.73 Å². The molecular formula is C33H33N3O3. The largest absolute Gasteiger partial charge is 0.392 e. The van der Waals surface area contributed by atoms with E-state index in [1.807, 2.05) is 60.9 Å². The van der Waals surface area contributed by atoms with E-state index in [0.717, 1.165) is 44.4 Å². The molecular weight excluding hydrogens is 486 g/mol. The van der Waals surface area contributed by atoms with Crippen LogP contribution in [0.3, 0.4) is 0 Å². The van der Waals surface area contributed by atoms with Crippen molar-refractivity contribution in [2.24, 2.45) is 11.7 Å². The van der Waals surface area contributed by atoms with Crippen LogP contribution >= 0.6 is 0 Å². The smallest absolute Gasteiger partial charge is 0.184 e. The first kappa shape index (κ1) is 25.5. The summed E-state index contributed by atoms with van der Waals surface area (Å²) < 4.78 is 15.5. The van der Waals surface area contributed by atoms with Crippen molar-refractivity contribution >= 4 is 11.0 Å². The summed E-state index contributed by atoms with van der Waals surface area (Å²) in [5, 5.41) is 9.52. The fourth-order valence-electron chi connectivity index (χ4n) is 5.39. The van der Waals surface area contributed by atoms with E-state index in [0.29, 0.717) is 13.1 Å². The number of aliphatic hydroxyl groups is 1. The Balaban J connectivity index is 1.31. The van der Waals surface area contributed by atoms with E-state index in [4.69, 9.17) is 15.2 Å². The van der Waals surface area contributed by atoms with Gasteiger partial charge in [0.15, 0.2) is 6.29 Å². The number of fused-ring (bicyclic) bond motifs is 1. The van der Waals surface area contributed by atoms with Crippen molar-refractivity contribution in [3.05, 3.63) is 126 Å². The first-order chi connectivity index (χ1) is 19.1. The predicted molar refractivity (Wildman–Crippen MR) is 152 cm³/mol. The van der Waals surface area contributed by atoms with Crippen molar-refractivity contribution < 1.29 is 14.6 Å². The molecule has 1 aliphatic rings. The van der Waals surface area contributed by atoms with Crippen LogP contribution in [0.15, 0.2) is 103 Å². The lowest BCUT2D eigenvalue weighted by atomic mass is 9.90. The van der Waals surface area contributed by atoms with Gasteiger partial charge in [-0.3, -0.25) is 0 Å². The van der Waals surface area contributed by atoms with E-state index >= 15 is 0 Å². The van der Waals surface area contributed by atoms with Crippen LogP contribution in [0, 0.1) is 5.92 Å². The fraction of sp³-hybridized carbons (Fsp3) is 0.242. The zero-order valence-electron chi connectivity index (χ0n) is 22.0. The van der Waals surface area contributed by atoms with Gasteiger partial charge >= 0.3 is 0 Å². The summed E-state index contributed by atoms with van der Waals surface area (Å²) in [4.78, 5) is 4.58. The van der Waals surface area contributed by atoms with Gasteiger partial charge < -0.3 is 24.9 Å². The van der Waals surface area contributed by atoms with E-state index < -0.39 is 6.29 Å². The number of benzene rings is 4. The van der Waals surface area contributed by atoms with Crippen molar-refractivity contribution in [1.82, 2.24) is 9.55 Å². The van der Waals surface area contributed by atoms with Gasteiger partial charge in [-0.2, -0.15) is 0 Å². The third-order valence-electron chi connectivity index (χ3n) is 7.71. The molecule has 0 spiro atoms. The third-order valence-corrected chi connectivity index (χ3v) is 7.71. The van der Waals surface area contributed by atoms with Gasteiger partial charge in [-0.25, -0.2) is 4.98 Å². The lowest BCUT2D eigenvalue weighted by molar-refractivity contribution is -0.276. The van der Waals surface area contributed by atoms with Crippen LogP contribution in [0.2, 0.25) is 0 Å². The minimum atomic E-state index is -0.520. The van der Waals surface area contributed by atoms with Crippen LogP contribution in [0.4, 0.5) is 0 Å². The van der Waals surface area contributed by atoms with Crippen LogP contribution in [0.1, 0.15) is 41.6 Å². The lowest BCUT2D eigenvalue weighted by Gasteiger charge is -2.41. The predicted octanol–water partition coefficient (Wildman–Crippen LogP) is 6.15. The highest BCUT2D eigenvalue weighted by Gasteiger charge is 2.38. The second-order valence-corrected chi connectivity index (χ2v) is 10.2. The SMILES string of the molecule is C[C@H]1[C@@H](Cn2cnc3ccccc32)O[C@@H](c2ccc(-c3cccc(CN)c3)cc2)O[C@H]1c1ccc(CO)cc1. The average Bonchev–Trinajstić information content (AvgIpc) is 3.41. The van der Waals surface area contributed by atoms with Gasteiger partial charge in [0.25, 0.3) is 0 Å². The van der Waals surface area contributed by atoms with Crippen LogP contribution in [0.5, 0.6) is 0 Å². The molecule has 1 aliphatic heterocycles. The van der Waals surface area contributed by atoms with Gasteiger partial charge in [0, 0.05) is 18.0 Å². The Morgan fingerprint density at radius 3 is 2.36 bits per heavy atom. The summed E-state index contributed by atoms with van der Waals surface area (Å²) in [5.74, 6) is 0.0839. The van der Waals surface area contributed by atoms with Crippen LogP contribution in [-0.2, 0) is 29.2 Å². The number of para-hydroxylation sites is 2. The molecule has 0 unspecified atom stereocenters. The Hall–Kier alpha value is -3.81. The molecule has 0 radical (unpaired) electrons. The Morgan fingerprint density at radius 1 is 0.821 bits per heavy atom. The molecule has 1 saturated heterocycles. The molecule has 4 atom stereocenters. The van der Waals surface area contributed by atoms with Crippen molar-refractivity contribution in [3.63, 3.8) is 0 Å². The highest BCUT2D eigenvalue weighted by Crippen LogP contribution is 2.42. The maximum absolute atomic E-state index is 9.52. The number of rotatable bonds is 7. The topological polar surface area (TPSA) is 82.5 Å². The normalized spacial score (nSPS) is 21.3. The number of ether oxygens (including phenoxy) is 2. The van der Waals surface area contributed by atoms with E-state index in [1.165, 1.54) is 0 Å². The second kappa shape index (κ2) is 11.1. The summed E-state index contributed by atoms with van der Waals surface area (Å²) in [5.41, 5.74) is 14.2. The zero-order chi connectivity index (χ0) is 26.8. The van der Waals surface area contributed by atoms with Crippen LogP contribution in [0.25, 0.3) is 22.2 Å². The summed E-state index contributed by atoms with van der Waals surface area (Å²) in [6.45, 7) is 3.38. The van der Waals surface area contributed by atoms with Gasteiger partial charge in [-0.15, -0.1) is 0 Å². The Kier molecular flexibility index (Phi) is 7.26. The van der Waals surface area contributed by atoms with Gasteiger partial charge in [0.05, 0.1) is 42.7 Å². The standard InChI is InChI=1S/C33H33N3O3/c1-22-31(19-36-21-35-29-7-2-3-8-30(29)36)38-33(39-32(22)26-11-9-23(20-37)10-12-26)27-15-13-25(14-16-27)28-6-4-5-24(17-28)18-34/h2-17,21-22,31-33,37H,18-20,34H2,1H3/t22-,31+,32+,33+/m0/s1. The first-order valence-corrected chi connectivity index (χ1v) is 13.4. The number of aliphatic hydroxyl groups excluding tert-OH is 1. The summed E-state index contributed by atoms with van der Waals surface area (Å²) in [6, 6.07) is 32.9. The molecule has 6 rings (SSSR count). The number of nitrogens with two attached hydrogens (primary N) is 1. The molecule has 2 heterocycles. The summed E-state index contributed by atoms with van der Waals surface area (Å²) in [7, 11) is 0. The van der Waals surface area contributed by atoms with E-state index in [1.54, 1.807) is 0 Å². The molecule has 0 amide bonds. The summed E-state index contributed by atoms with van der Waals surface area (Å²) in [6.07, 6.45) is 1.09. The van der Waals surface area contributed by atoms with Crippen molar-refractivity contribution in [3.8, 4) is 11.1 Å². The van der Waals surface area contributed by atoms with E-state index in [2.05, 4.69) is 58.9 Å². The molecule has 1 aromatic heterocycles. The quantitative estimate of drug-likeness (QED) is 0.270. The molecule has 5 aromatic rings. The number of hydrogen-bond acceptors (Lipinski definition) is 5. The molecule has 0 bridgehead atoms. The first-order valence-electron chi connectivity index (χ1n) is 13.4. The molecule has 0 saturated carbocycles. The number of imidazole rings is 1. The molecule has 4 aromatic carbocycles. The molecule has 1 fully saturated rings. The molecule has 6 nitrogen and oxygen atoms in total. The molecule has 0 aliphatic carbocycles. The Morgan fingerprint density at radius 2 is 1.59 bits per heavy atom. The van der Waals surface area contributed by atoms with Crippen LogP contribution in [-0.4, -0.2) is 20.8 Å². The maximum Gasteiger partial charge on any atom is 0.184 e. The lowest BCUT2D eigenvalue weighted by Crippen LogP contribution is -2.39. The van der Waals surface area contributed by atoms with Gasteiger partial charge in [0.1, 0.15) is 0 Å². The fourth-order valence-corrected chi connectivity index (χ4v) is 5.39. The maximum atomic E-state index is 9.52. The highest BCUT2D eigenvalue weighted by atomic mass is 16.7. The molecule has 3 N–H and O–H groups in total. The van der Waals surface area contributed by atoms with E-state index in [9.17, 15) is 5.11 Å². The van der Waals surface area contributed by atoms with E-state index in [-0.39, 0.29) is 24.7 Å². The van der Waals surface area contributed by atoms with Gasteiger partial charge in [-0.1, -0.05) is 85.8 Å². The minimum absolute atomic E-state index is 0.0178. The van der Waals surface area contributed by atoms with Crippen molar-refractivity contribution in [1.29, 1.82) is 0 Å². The van der Waals surface area contributed by atoms with Gasteiger partial charge in [0.2, 0.25) is 0 Å². The number of aromatic nitrogens is 2. The zero-order valence-corrected chi connectivity index (χ0v) is 22.0. The molecule has 6 heteroatoms. The highest BCUT2D eigenvalue weighted by molar-refractivity contribution is 5.74. The minimum Gasteiger partial charge on any atom is -0.392 e. The third kappa shape index (κ3) is 5.24. The molecule has 198 valence electrons. The molecule has 39 heavy (non-hydrogen) atoms. The van der Waals surface area contributed by atoms with Gasteiger partial charge in [-0.05, 0) is 46.0 Å². The number of hydrogen-bond donors (Lipinski definition) is 2. The van der Waals surface area contributed by atoms with Crippen molar-refractivity contribution in [2.45, 2.75) is 45.1 Å².